The SMILES string of the molecule is OC1=CC=C=CC1I. The number of hydrogen-bond acceptors (Lipinski definition) is 1. The maximum Gasteiger partial charge on any atom is 0.110 e. The normalized spacial score (nSPS) is 25.6. The van der Waals surface area contributed by atoms with Gasteiger partial charge in [-0.1, -0.05) is 22.6 Å². The molecule has 0 amide bonds. The topological polar surface area (TPSA) is 20.2 Å². The van der Waals surface area contributed by atoms with Crippen molar-refractivity contribution in [2.45, 2.75) is 3.92 Å². The quantitative estimate of drug-likeness (QED) is 0.375. The van der Waals surface area contributed by atoms with E-state index < -0.39 is 0 Å². The Morgan fingerprint density at radius 1 is 1.75 bits per heavy atom. The molecule has 0 saturated carbocycles. The molecule has 2 heteroatoms. The van der Waals surface area contributed by atoms with E-state index in [9.17, 15) is 0 Å². The molecule has 0 saturated heterocycles. The summed E-state index contributed by atoms with van der Waals surface area (Å²) in [4.78, 5) is 0. The molecule has 1 atom stereocenters. The average molecular weight is 220 g/mol. The number of aliphatic hydroxyl groups excluding tert-OH is 1. The minimum atomic E-state index is 0.123. The minimum absolute atomic E-state index is 0.123. The van der Waals surface area contributed by atoms with Crippen molar-refractivity contribution < 1.29 is 5.11 Å². The molecule has 0 aromatic carbocycles. The van der Waals surface area contributed by atoms with Gasteiger partial charge in [-0.2, -0.15) is 0 Å². The second kappa shape index (κ2) is 2.37. The first-order valence-electron chi connectivity index (χ1n) is 2.26. The van der Waals surface area contributed by atoms with Gasteiger partial charge < -0.3 is 5.11 Å². The Morgan fingerprint density at radius 2 is 2.50 bits per heavy atom. The standard InChI is InChI=1S/C6H5IO/c7-5-3-1-2-4-6(5)8/h2-5,8H. The summed E-state index contributed by atoms with van der Waals surface area (Å²) in [6.45, 7) is 0. The second-order valence-corrected chi connectivity index (χ2v) is 2.84. The predicted octanol–water partition coefficient (Wildman–Crippen LogP) is 1.96. The minimum Gasteiger partial charge on any atom is -0.511 e. The van der Waals surface area contributed by atoms with Gasteiger partial charge in [-0.25, -0.2) is 0 Å². The molecule has 8 heavy (non-hydrogen) atoms. The Labute approximate surface area is 61.5 Å². The molecule has 42 valence electrons. The largest absolute Gasteiger partial charge is 0.511 e. The molecule has 0 aromatic rings. The molecule has 0 fully saturated rings. The van der Waals surface area contributed by atoms with Crippen LogP contribution < -0.4 is 0 Å². The molecule has 0 aliphatic heterocycles. The van der Waals surface area contributed by atoms with Gasteiger partial charge in [0.25, 0.3) is 0 Å². The molecule has 1 rings (SSSR count). The van der Waals surface area contributed by atoms with Gasteiger partial charge in [0, 0.05) is 0 Å². The Kier molecular flexibility index (Phi) is 1.76. The van der Waals surface area contributed by atoms with Crippen LogP contribution in [0.25, 0.3) is 0 Å². The molecule has 0 spiro atoms. The highest BCUT2D eigenvalue weighted by molar-refractivity contribution is 14.1. The van der Waals surface area contributed by atoms with Crippen LogP contribution in [0.4, 0.5) is 0 Å². The van der Waals surface area contributed by atoms with Crippen LogP contribution in [-0.2, 0) is 0 Å². The third-order valence-corrected chi connectivity index (χ3v) is 1.87. The molecule has 0 aromatic heterocycles. The van der Waals surface area contributed by atoms with Gasteiger partial charge in [0.1, 0.15) is 5.76 Å². The third kappa shape index (κ3) is 1.14. The van der Waals surface area contributed by atoms with Crippen molar-refractivity contribution in [2.24, 2.45) is 0 Å². The van der Waals surface area contributed by atoms with Crippen molar-refractivity contribution in [3.8, 4) is 0 Å². The summed E-state index contributed by atoms with van der Waals surface area (Å²) in [5.74, 6) is 0.407. The lowest BCUT2D eigenvalue weighted by Gasteiger charge is -2.01. The molecule has 1 unspecified atom stereocenters. The van der Waals surface area contributed by atoms with Crippen molar-refractivity contribution in [2.75, 3.05) is 0 Å². The van der Waals surface area contributed by atoms with Crippen molar-refractivity contribution in [3.63, 3.8) is 0 Å². The van der Waals surface area contributed by atoms with Gasteiger partial charge >= 0.3 is 0 Å². The van der Waals surface area contributed by atoms with E-state index in [1.165, 1.54) is 0 Å². The fourth-order valence-electron chi connectivity index (χ4n) is 0.451. The van der Waals surface area contributed by atoms with E-state index in [1.54, 1.807) is 12.2 Å². The van der Waals surface area contributed by atoms with Crippen LogP contribution in [0, 0.1) is 0 Å². The fraction of sp³-hybridized carbons (Fsp3) is 0.167. The number of hydrogen-bond donors (Lipinski definition) is 1. The molecular formula is C6H5IO. The Hall–Kier alpha value is -0.210. The average Bonchev–Trinajstić information content (AvgIpc) is 1.77. The summed E-state index contributed by atoms with van der Waals surface area (Å²) in [5, 5.41) is 8.93. The Morgan fingerprint density at radius 3 is 2.88 bits per heavy atom. The number of alkyl halides is 1. The highest BCUT2D eigenvalue weighted by atomic mass is 127. The molecule has 1 aliphatic rings. The molecular weight excluding hydrogens is 215 g/mol. The number of allylic oxidation sites excluding steroid dienone is 2. The third-order valence-electron chi connectivity index (χ3n) is 0.875. The molecule has 0 heterocycles. The first-order valence-corrected chi connectivity index (χ1v) is 3.51. The molecule has 1 nitrogen and oxygen atoms in total. The summed E-state index contributed by atoms with van der Waals surface area (Å²) >= 11 is 2.13. The van der Waals surface area contributed by atoms with Gasteiger partial charge in [0.2, 0.25) is 0 Å². The van der Waals surface area contributed by atoms with E-state index in [0.717, 1.165) is 0 Å². The maximum absolute atomic E-state index is 8.93. The van der Waals surface area contributed by atoms with Gasteiger partial charge in [0.05, 0.1) is 3.92 Å². The molecule has 1 N–H and O–H groups in total. The first kappa shape index (κ1) is 5.92. The zero-order valence-corrected chi connectivity index (χ0v) is 6.29. The lowest BCUT2D eigenvalue weighted by Crippen LogP contribution is -1.97. The van der Waals surface area contributed by atoms with Crippen LogP contribution in [0.5, 0.6) is 0 Å². The summed E-state index contributed by atoms with van der Waals surface area (Å²) in [5.41, 5.74) is 2.87. The van der Waals surface area contributed by atoms with E-state index in [1.807, 2.05) is 6.08 Å². The number of halogens is 1. The van der Waals surface area contributed by atoms with Crippen molar-refractivity contribution >= 4 is 22.6 Å². The van der Waals surface area contributed by atoms with Crippen molar-refractivity contribution in [3.05, 3.63) is 29.7 Å². The van der Waals surface area contributed by atoms with E-state index >= 15 is 0 Å². The summed E-state index contributed by atoms with van der Waals surface area (Å²) in [7, 11) is 0. The predicted molar refractivity (Wildman–Crippen MR) is 41.2 cm³/mol. The fourth-order valence-corrected chi connectivity index (χ4v) is 0.866. The summed E-state index contributed by atoms with van der Waals surface area (Å²) in [6.07, 6.45) is 5.16. The van der Waals surface area contributed by atoms with Gasteiger partial charge in [0.15, 0.2) is 0 Å². The number of rotatable bonds is 0. The lowest BCUT2D eigenvalue weighted by atomic mass is 10.2. The molecule has 0 bridgehead atoms. The molecule has 1 aliphatic carbocycles. The smallest absolute Gasteiger partial charge is 0.110 e. The van der Waals surface area contributed by atoms with Gasteiger partial charge in [-0.05, 0) is 18.2 Å². The number of aliphatic hydroxyl groups is 1. The highest BCUT2D eigenvalue weighted by Crippen LogP contribution is 2.13. The maximum atomic E-state index is 8.93. The van der Waals surface area contributed by atoms with Crippen LogP contribution in [0.2, 0.25) is 0 Å². The van der Waals surface area contributed by atoms with Crippen LogP contribution in [0.3, 0.4) is 0 Å². The zero-order chi connectivity index (χ0) is 5.98. The highest BCUT2D eigenvalue weighted by Gasteiger charge is 2.03. The van der Waals surface area contributed by atoms with E-state index in [-0.39, 0.29) is 3.92 Å². The second-order valence-electron chi connectivity index (χ2n) is 1.49. The van der Waals surface area contributed by atoms with Gasteiger partial charge in [-0.3, -0.25) is 0 Å². The Balaban J connectivity index is 2.86. The van der Waals surface area contributed by atoms with E-state index in [2.05, 4.69) is 28.3 Å². The van der Waals surface area contributed by atoms with Gasteiger partial charge in [-0.15, -0.1) is 5.73 Å². The van der Waals surface area contributed by atoms with Crippen molar-refractivity contribution in [1.82, 2.24) is 0 Å². The van der Waals surface area contributed by atoms with Crippen LogP contribution in [0.1, 0.15) is 0 Å². The Bertz CT molecular complexity index is 175. The zero-order valence-electron chi connectivity index (χ0n) is 4.13. The molecule has 0 radical (unpaired) electrons. The van der Waals surface area contributed by atoms with Crippen LogP contribution in [-0.4, -0.2) is 9.03 Å². The summed E-state index contributed by atoms with van der Waals surface area (Å²) < 4.78 is 0.123. The van der Waals surface area contributed by atoms with E-state index in [0.29, 0.717) is 5.76 Å². The van der Waals surface area contributed by atoms with Crippen LogP contribution >= 0.6 is 22.6 Å². The van der Waals surface area contributed by atoms with E-state index in [4.69, 9.17) is 5.11 Å². The first-order chi connectivity index (χ1) is 3.80. The lowest BCUT2D eigenvalue weighted by molar-refractivity contribution is 0.407. The van der Waals surface area contributed by atoms with Crippen LogP contribution in [0.15, 0.2) is 29.7 Å². The monoisotopic (exact) mass is 220 g/mol. The summed E-state index contributed by atoms with van der Waals surface area (Å²) in [6, 6.07) is 0. The van der Waals surface area contributed by atoms with Crippen molar-refractivity contribution in [1.29, 1.82) is 0 Å².